The molecule has 6 heteroatoms. The third kappa shape index (κ3) is 5.15. The van der Waals surface area contributed by atoms with Gasteiger partial charge in [-0.05, 0) is 42.3 Å². The second kappa shape index (κ2) is 9.18. The van der Waals surface area contributed by atoms with Crippen LogP contribution in [0.3, 0.4) is 0 Å². The molecule has 25 heavy (non-hydrogen) atoms. The summed E-state index contributed by atoms with van der Waals surface area (Å²) in [6.45, 7) is 2.83. The van der Waals surface area contributed by atoms with Gasteiger partial charge in [0.1, 0.15) is 17.4 Å². The van der Waals surface area contributed by atoms with Crippen LogP contribution in [-0.2, 0) is 11.3 Å². The number of carbonyl (C=O) groups excluding carboxylic acids is 1. The lowest BCUT2D eigenvalue weighted by Crippen LogP contribution is -2.23. The van der Waals surface area contributed by atoms with Crippen molar-refractivity contribution >= 4 is 12.0 Å². The topological polar surface area (TPSA) is 84.5 Å². The van der Waals surface area contributed by atoms with E-state index in [2.05, 4.69) is 5.32 Å². The molecule has 0 aliphatic carbocycles. The zero-order chi connectivity index (χ0) is 18.1. The van der Waals surface area contributed by atoms with Gasteiger partial charge in [0.05, 0.1) is 26.5 Å². The summed E-state index contributed by atoms with van der Waals surface area (Å²) < 4.78 is 16.0. The summed E-state index contributed by atoms with van der Waals surface area (Å²) in [5.74, 6) is 1.33. The van der Waals surface area contributed by atoms with Crippen molar-refractivity contribution in [1.82, 2.24) is 5.32 Å². The van der Waals surface area contributed by atoms with Crippen molar-refractivity contribution in [2.75, 3.05) is 13.7 Å². The molecule has 1 aromatic carbocycles. The van der Waals surface area contributed by atoms with E-state index in [0.29, 0.717) is 29.4 Å². The Kier molecular flexibility index (Phi) is 6.66. The Labute approximate surface area is 146 Å². The summed E-state index contributed by atoms with van der Waals surface area (Å²) in [6.07, 6.45) is 3.92. The molecule has 0 fully saturated rings. The zero-order valence-electron chi connectivity index (χ0n) is 14.2. The molecule has 0 spiro atoms. The lowest BCUT2D eigenvalue weighted by molar-refractivity contribution is -0.117. The highest BCUT2D eigenvalue weighted by Crippen LogP contribution is 2.29. The van der Waals surface area contributed by atoms with Gasteiger partial charge in [-0.1, -0.05) is 13.0 Å². The van der Waals surface area contributed by atoms with Crippen LogP contribution in [-0.4, -0.2) is 19.6 Å². The van der Waals surface area contributed by atoms with Gasteiger partial charge in [-0.2, -0.15) is 5.26 Å². The van der Waals surface area contributed by atoms with Crippen molar-refractivity contribution in [1.29, 1.82) is 5.26 Å². The standard InChI is InChI=1S/C19H20N2O4/c1-3-8-25-17-7-6-14(11-18(17)23-2)10-15(12-20)19(22)21-13-16-5-4-9-24-16/h4-7,9-11H,3,8,13H2,1-2H3,(H,21,22)/b15-10+. The first-order chi connectivity index (χ1) is 12.2. The zero-order valence-corrected chi connectivity index (χ0v) is 14.2. The molecular formula is C19H20N2O4. The molecule has 130 valence electrons. The molecule has 2 aromatic rings. The number of furan rings is 1. The molecule has 0 aliphatic heterocycles. The lowest BCUT2D eigenvalue weighted by atomic mass is 10.1. The molecule has 0 aliphatic rings. The smallest absolute Gasteiger partial charge is 0.262 e. The van der Waals surface area contributed by atoms with Crippen LogP contribution in [0.1, 0.15) is 24.7 Å². The lowest BCUT2D eigenvalue weighted by Gasteiger charge is -2.10. The van der Waals surface area contributed by atoms with Gasteiger partial charge in [0.25, 0.3) is 5.91 Å². The van der Waals surface area contributed by atoms with Gasteiger partial charge in [-0.15, -0.1) is 0 Å². The number of carbonyl (C=O) groups is 1. The number of nitriles is 1. The summed E-state index contributed by atoms with van der Waals surface area (Å²) in [7, 11) is 1.54. The molecule has 1 aromatic heterocycles. The number of hydrogen-bond acceptors (Lipinski definition) is 5. The molecule has 1 amide bonds. The average Bonchev–Trinajstić information content (AvgIpc) is 3.16. The Morgan fingerprint density at radius 2 is 2.20 bits per heavy atom. The van der Waals surface area contributed by atoms with Gasteiger partial charge < -0.3 is 19.2 Å². The van der Waals surface area contributed by atoms with E-state index >= 15 is 0 Å². The van der Waals surface area contributed by atoms with Gasteiger partial charge in [0.2, 0.25) is 0 Å². The molecule has 0 bridgehead atoms. The molecular weight excluding hydrogens is 320 g/mol. The minimum atomic E-state index is -0.468. The second-order valence-electron chi connectivity index (χ2n) is 5.19. The van der Waals surface area contributed by atoms with Gasteiger partial charge in [0.15, 0.2) is 11.5 Å². The van der Waals surface area contributed by atoms with Crippen LogP contribution in [0.5, 0.6) is 11.5 Å². The van der Waals surface area contributed by atoms with Gasteiger partial charge >= 0.3 is 0 Å². The van der Waals surface area contributed by atoms with Gasteiger partial charge in [0, 0.05) is 0 Å². The van der Waals surface area contributed by atoms with Crippen molar-refractivity contribution in [2.24, 2.45) is 0 Å². The molecule has 1 N–H and O–H groups in total. The Hall–Kier alpha value is -3.20. The van der Waals surface area contributed by atoms with E-state index in [1.165, 1.54) is 12.3 Å². The first-order valence-electron chi connectivity index (χ1n) is 7.91. The molecule has 0 atom stereocenters. The Morgan fingerprint density at radius 1 is 1.36 bits per heavy atom. The van der Waals surface area contributed by atoms with E-state index in [-0.39, 0.29) is 12.1 Å². The minimum Gasteiger partial charge on any atom is -0.493 e. The number of amides is 1. The van der Waals surface area contributed by atoms with E-state index in [1.54, 1.807) is 37.4 Å². The fourth-order valence-corrected chi connectivity index (χ4v) is 2.10. The maximum Gasteiger partial charge on any atom is 0.262 e. The van der Waals surface area contributed by atoms with E-state index in [4.69, 9.17) is 13.9 Å². The average molecular weight is 340 g/mol. The number of methoxy groups -OCH3 is 1. The van der Waals surface area contributed by atoms with Gasteiger partial charge in [-0.25, -0.2) is 0 Å². The third-order valence-electron chi connectivity index (χ3n) is 3.33. The highest BCUT2D eigenvalue weighted by atomic mass is 16.5. The number of hydrogen-bond donors (Lipinski definition) is 1. The molecule has 1 heterocycles. The summed E-state index contributed by atoms with van der Waals surface area (Å²) >= 11 is 0. The predicted molar refractivity (Wildman–Crippen MR) is 92.9 cm³/mol. The largest absolute Gasteiger partial charge is 0.493 e. The molecule has 0 radical (unpaired) electrons. The van der Waals surface area contributed by atoms with Gasteiger partial charge in [-0.3, -0.25) is 4.79 Å². The molecule has 0 saturated carbocycles. The fourth-order valence-electron chi connectivity index (χ4n) is 2.10. The number of nitrogens with one attached hydrogen (secondary N) is 1. The maximum absolute atomic E-state index is 12.1. The monoisotopic (exact) mass is 340 g/mol. The highest BCUT2D eigenvalue weighted by molar-refractivity contribution is 6.01. The van der Waals surface area contributed by atoms with E-state index in [9.17, 15) is 10.1 Å². The number of benzene rings is 1. The molecule has 6 nitrogen and oxygen atoms in total. The Balaban J connectivity index is 2.12. The minimum absolute atomic E-state index is 0.00386. The van der Waals surface area contributed by atoms with Crippen molar-refractivity contribution in [3.63, 3.8) is 0 Å². The maximum atomic E-state index is 12.1. The van der Waals surface area contributed by atoms with Crippen LogP contribution < -0.4 is 14.8 Å². The number of nitrogens with zero attached hydrogens (tertiary/aromatic N) is 1. The molecule has 2 rings (SSSR count). The van der Waals surface area contributed by atoms with Crippen LogP contribution in [0.15, 0.2) is 46.6 Å². The first kappa shape index (κ1) is 18.1. The number of rotatable bonds is 8. The first-order valence-corrected chi connectivity index (χ1v) is 7.91. The van der Waals surface area contributed by atoms with Crippen LogP contribution in [0.4, 0.5) is 0 Å². The molecule has 0 saturated heterocycles. The molecule has 0 unspecified atom stereocenters. The van der Waals surface area contributed by atoms with Crippen molar-refractivity contribution < 1.29 is 18.7 Å². The number of ether oxygens (including phenoxy) is 2. The second-order valence-corrected chi connectivity index (χ2v) is 5.19. The highest BCUT2D eigenvalue weighted by Gasteiger charge is 2.11. The van der Waals surface area contributed by atoms with E-state index in [0.717, 1.165) is 6.42 Å². The third-order valence-corrected chi connectivity index (χ3v) is 3.33. The summed E-state index contributed by atoms with van der Waals surface area (Å²) in [6, 6.07) is 10.6. The van der Waals surface area contributed by atoms with Crippen LogP contribution in [0.25, 0.3) is 6.08 Å². The van der Waals surface area contributed by atoms with E-state index in [1.807, 2.05) is 13.0 Å². The summed E-state index contributed by atoms with van der Waals surface area (Å²) in [5.41, 5.74) is 0.668. The van der Waals surface area contributed by atoms with Crippen LogP contribution >= 0.6 is 0 Å². The summed E-state index contributed by atoms with van der Waals surface area (Å²) in [5, 5.41) is 11.9. The van der Waals surface area contributed by atoms with Crippen molar-refractivity contribution in [2.45, 2.75) is 19.9 Å². The van der Waals surface area contributed by atoms with Crippen LogP contribution in [0, 0.1) is 11.3 Å². The SMILES string of the molecule is CCCOc1ccc(/C=C(\C#N)C(=O)NCc2ccco2)cc1OC. The van der Waals surface area contributed by atoms with E-state index < -0.39 is 5.91 Å². The van der Waals surface area contributed by atoms with Crippen LogP contribution in [0.2, 0.25) is 0 Å². The van der Waals surface area contributed by atoms with Crippen molar-refractivity contribution in [3.8, 4) is 17.6 Å². The van der Waals surface area contributed by atoms with Crippen molar-refractivity contribution in [3.05, 3.63) is 53.5 Å². The fraction of sp³-hybridized carbons (Fsp3) is 0.263. The quantitative estimate of drug-likeness (QED) is 0.589. The Bertz CT molecular complexity index is 773. The Morgan fingerprint density at radius 3 is 2.84 bits per heavy atom. The normalized spacial score (nSPS) is 10.8. The predicted octanol–water partition coefficient (Wildman–Crippen LogP) is 3.30. The summed E-state index contributed by atoms with van der Waals surface area (Å²) in [4.78, 5) is 12.1.